The first-order valence-corrected chi connectivity index (χ1v) is 5.45. The number of nitrogens with one attached hydrogen (secondary N) is 2. The molecule has 3 nitrogen and oxygen atoms in total. The second-order valence-corrected chi connectivity index (χ2v) is 4.08. The molecular formula is C12H13FN2O. The Bertz CT molecular complexity index is 445. The second kappa shape index (κ2) is 3.88. The molecule has 0 bridgehead atoms. The van der Waals surface area contributed by atoms with Crippen molar-refractivity contribution in [1.82, 2.24) is 5.32 Å². The fraction of sp³-hybridized carbons (Fsp3) is 0.333. The Labute approximate surface area is 93.3 Å². The Hall–Kier alpha value is -1.39. The van der Waals surface area contributed by atoms with Crippen molar-refractivity contribution in [1.29, 1.82) is 0 Å². The van der Waals surface area contributed by atoms with Crippen LogP contribution in [0.5, 0.6) is 0 Å². The third-order valence-electron chi connectivity index (χ3n) is 2.98. The number of anilines is 1. The molecule has 0 saturated heterocycles. The second-order valence-electron chi connectivity index (χ2n) is 4.08. The van der Waals surface area contributed by atoms with Crippen LogP contribution < -0.4 is 10.8 Å². The summed E-state index contributed by atoms with van der Waals surface area (Å²) in [6, 6.07) is 4.68. The Balaban J connectivity index is 1.95. The molecule has 2 aliphatic heterocycles. The van der Waals surface area contributed by atoms with Gasteiger partial charge in [-0.15, -0.1) is 0 Å². The first kappa shape index (κ1) is 9.81. The van der Waals surface area contributed by atoms with Crippen molar-refractivity contribution in [2.45, 2.75) is 12.5 Å². The van der Waals surface area contributed by atoms with Crippen molar-refractivity contribution >= 4 is 5.69 Å². The summed E-state index contributed by atoms with van der Waals surface area (Å²) in [5.74, 6) is -0.222. The molecular weight excluding hydrogens is 207 g/mol. The summed E-state index contributed by atoms with van der Waals surface area (Å²) in [5.41, 5.74) is 5.75. The van der Waals surface area contributed by atoms with Gasteiger partial charge in [0.1, 0.15) is 11.9 Å². The predicted molar refractivity (Wildman–Crippen MR) is 59.4 cm³/mol. The average molecular weight is 220 g/mol. The number of fused-ring (bicyclic) bond motifs is 1. The third-order valence-corrected chi connectivity index (χ3v) is 2.98. The van der Waals surface area contributed by atoms with Gasteiger partial charge in [0, 0.05) is 12.1 Å². The van der Waals surface area contributed by atoms with Crippen molar-refractivity contribution in [3.8, 4) is 0 Å². The van der Waals surface area contributed by atoms with E-state index in [0.29, 0.717) is 0 Å². The van der Waals surface area contributed by atoms with Gasteiger partial charge in [0.25, 0.3) is 0 Å². The first-order valence-electron chi connectivity index (χ1n) is 5.45. The lowest BCUT2D eigenvalue weighted by Gasteiger charge is -2.19. The fourth-order valence-electron chi connectivity index (χ4n) is 2.17. The normalized spacial score (nSPS) is 23.6. The number of benzene rings is 1. The maximum atomic E-state index is 13.2. The van der Waals surface area contributed by atoms with Crippen molar-refractivity contribution in [2.75, 3.05) is 18.6 Å². The zero-order valence-corrected chi connectivity index (χ0v) is 8.79. The molecule has 0 aromatic heterocycles. The van der Waals surface area contributed by atoms with E-state index in [1.807, 2.05) is 0 Å². The van der Waals surface area contributed by atoms with Gasteiger partial charge < -0.3 is 5.32 Å². The molecule has 2 aliphatic rings. The molecule has 1 aromatic carbocycles. The smallest absolute Gasteiger partial charge is 0.135 e. The molecule has 2 N–H and O–H groups in total. The average Bonchev–Trinajstić information content (AvgIpc) is 2.73. The predicted octanol–water partition coefficient (Wildman–Crippen LogP) is 2.14. The molecule has 1 unspecified atom stereocenters. The highest BCUT2D eigenvalue weighted by Gasteiger charge is 2.27. The van der Waals surface area contributed by atoms with Crippen LogP contribution in [0, 0.1) is 5.82 Å². The summed E-state index contributed by atoms with van der Waals surface area (Å²) in [6.45, 7) is 1.81. The van der Waals surface area contributed by atoms with Crippen LogP contribution in [0.1, 0.15) is 18.1 Å². The highest BCUT2D eigenvalue weighted by atomic mass is 19.1. The largest absolute Gasteiger partial charge is 0.313 e. The zero-order valence-electron chi connectivity index (χ0n) is 8.79. The quantitative estimate of drug-likeness (QED) is 0.711. The van der Waals surface area contributed by atoms with E-state index in [-0.39, 0.29) is 11.9 Å². The van der Waals surface area contributed by atoms with Gasteiger partial charge in [-0.2, -0.15) is 0 Å². The molecule has 84 valence electrons. The standard InChI is InChI=1S/C12H13FN2O/c13-9-3-4-11-10(6-9)12(16-15-11)8-2-1-5-14-7-8/h2-4,6,12,14-15H,1,5,7H2. The molecule has 0 saturated carbocycles. The van der Waals surface area contributed by atoms with Crippen molar-refractivity contribution < 1.29 is 9.23 Å². The van der Waals surface area contributed by atoms with Crippen molar-refractivity contribution in [3.63, 3.8) is 0 Å². The van der Waals surface area contributed by atoms with Gasteiger partial charge in [0.05, 0.1) is 5.69 Å². The van der Waals surface area contributed by atoms with Crippen LogP contribution in [0.3, 0.4) is 0 Å². The summed E-state index contributed by atoms with van der Waals surface area (Å²) in [7, 11) is 0. The van der Waals surface area contributed by atoms with E-state index in [0.717, 1.165) is 30.8 Å². The SMILES string of the molecule is Fc1ccc2c(c1)C(C1=CCCNC1)ON2. The van der Waals surface area contributed by atoms with Crippen LogP contribution >= 0.6 is 0 Å². The Morgan fingerprint density at radius 1 is 1.38 bits per heavy atom. The number of hydrogen-bond donors (Lipinski definition) is 2. The van der Waals surface area contributed by atoms with Gasteiger partial charge in [-0.1, -0.05) is 6.08 Å². The Morgan fingerprint density at radius 3 is 3.12 bits per heavy atom. The van der Waals surface area contributed by atoms with Gasteiger partial charge in [-0.25, -0.2) is 4.39 Å². The van der Waals surface area contributed by atoms with E-state index in [2.05, 4.69) is 16.9 Å². The molecule has 3 rings (SSSR count). The minimum Gasteiger partial charge on any atom is -0.313 e. The van der Waals surface area contributed by atoms with Gasteiger partial charge in [0.2, 0.25) is 0 Å². The van der Waals surface area contributed by atoms with Crippen LogP contribution in [0.15, 0.2) is 29.8 Å². The van der Waals surface area contributed by atoms with E-state index in [4.69, 9.17) is 4.84 Å². The first-order chi connectivity index (χ1) is 7.84. The number of hydrogen-bond acceptors (Lipinski definition) is 3. The topological polar surface area (TPSA) is 33.3 Å². The van der Waals surface area contributed by atoms with E-state index >= 15 is 0 Å². The molecule has 16 heavy (non-hydrogen) atoms. The van der Waals surface area contributed by atoms with Crippen LogP contribution in [-0.2, 0) is 4.84 Å². The van der Waals surface area contributed by atoms with E-state index < -0.39 is 0 Å². The molecule has 0 radical (unpaired) electrons. The molecule has 1 aromatic rings. The molecule has 0 fully saturated rings. The summed E-state index contributed by atoms with van der Waals surface area (Å²) in [4.78, 5) is 5.49. The van der Waals surface area contributed by atoms with Crippen LogP contribution in [-0.4, -0.2) is 13.1 Å². The molecule has 0 spiro atoms. The molecule has 1 atom stereocenters. The van der Waals surface area contributed by atoms with Gasteiger partial charge in [0.15, 0.2) is 0 Å². The van der Waals surface area contributed by atoms with Crippen molar-refractivity contribution in [2.24, 2.45) is 0 Å². The molecule has 0 amide bonds. The molecule has 4 heteroatoms. The lowest BCUT2D eigenvalue weighted by atomic mass is 9.98. The minimum absolute atomic E-state index is 0.154. The highest BCUT2D eigenvalue weighted by molar-refractivity contribution is 5.56. The summed E-state index contributed by atoms with van der Waals surface area (Å²) in [6.07, 6.45) is 3.02. The lowest BCUT2D eigenvalue weighted by Crippen LogP contribution is -2.25. The lowest BCUT2D eigenvalue weighted by molar-refractivity contribution is 0.147. The maximum absolute atomic E-state index is 13.2. The zero-order chi connectivity index (χ0) is 11.0. The summed E-state index contributed by atoms with van der Waals surface area (Å²) >= 11 is 0. The maximum Gasteiger partial charge on any atom is 0.135 e. The minimum atomic E-state index is -0.222. The third kappa shape index (κ3) is 1.60. The van der Waals surface area contributed by atoms with E-state index in [1.54, 1.807) is 6.07 Å². The van der Waals surface area contributed by atoms with Crippen molar-refractivity contribution in [3.05, 3.63) is 41.2 Å². The van der Waals surface area contributed by atoms with Gasteiger partial charge in [-0.05, 0) is 36.7 Å². The monoisotopic (exact) mass is 220 g/mol. The number of rotatable bonds is 1. The Kier molecular flexibility index (Phi) is 2.38. The van der Waals surface area contributed by atoms with Crippen LogP contribution in [0.25, 0.3) is 0 Å². The fourth-order valence-corrected chi connectivity index (χ4v) is 2.17. The van der Waals surface area contributed by atoms with Gasteiger partial charge >= 0.3 is 0 Å². The molecule has 0 aliphatic carbocycles. The van der Waals surface area contributed by atoms with Gasteiger partial charge in [-0.3, -0.25) is 10.3 Å². The molecule has 2 heterocycles. The number of halogens is 1. The van der Waals surface area contributed by atoms with E-state index in [1.165, 1.54) is 17.7 Å². The Morgan fingerprint density at radius 2 is 2.31 bits per heavy atom. The highest BCUT2D eigenvalue weighted by Crippen LogP contribution is 2.37. The van der Waals surface area contributed by atoms with E-state index in [9.17, 15) is 4.39 Å². The van der Waals surface area contributed by atoms with Crippen LogP contribution in [0.2, 0.25) is 0 Å². The summed E-state index contributed by atoms with van der Waals surface area (Å²) in [5, 5.41) is 3.29. The summed E-state index contributed by atoms with van der Waals surface area (Å²) < 4.78 is 13.2. The van der Waals surface area contributed by atoms with Crippen LogP contribution in [0.4, 0.5) is 10.1 Å².